The molecule has 3 amide bonds. The Morgan fingerprint density at radius 3 is 2.79 bits per heavy atom. The molecule has 1 atom stereocenters. The van der Waals surface area contributed by atoms with E-state index in [0.717, 1.165) is 54.2 Å². The summed E-state index contributed by atoms with van der Waals surface area (Å²) < 4.78 is 5.35. The van der Waals surface area contributed by atoms with Gasteiger partial charge in [-0.1, -0.05) is 0 Å². The maximum atomic E-state index is 13.4. The van der Waals surface area contributed by atoms with Crippen molar-refractivity contribution in [1.82, 2.24) is 19.8 Å². The van der Waals surface area contributed by atoms with Crippen molar-refractivity contribution >= 4 is 34.8 Å². The topological polar surface area (TPSA) is 111 Å². The van der Waals surface area contributed by atoms with Gasteiger partial charge in [-0.05, 0) is 66.5 Å². The summed E-state index contributed by atoms with van der Waals surface area (Å²) in [6.45, 7) is 2.49. The number of aliphatic hydroxyl groups is 1. The molecule has 3 aliphatic rings. The number of nitrogens with zero attached hydrogens (tertiary/aromatic N) is 5. The number of urea groups is 1. The van der Waals surface area contributed by atoms with Crippen LogP contribution in [0.5, 0.6) is 5.75 Å². The highest BCUT2D eigenvalue weighted by Gasteiger charge is 2.33. The van der Waals surface area contributed by atoms with E-state index in [4.69, 9.17) is 4.74 Å². The van der Waals surface area contributed by atoms with Crippen molar-refractivity contribution in [1.29, 1.82) is 0 Å². The number of hydrogen-bond acceptors (Lipinski definition) is 8. The summed E-state index contributed by atoms with van der Waals surface area (Å²) >= 11 is 1.64. The van der Waals surface area contributed by atoms with Gasteiger partial charge in [0.05, 0.1) is 26.3 Å². The van der Waals surface area contributed by atoms with Gasteiger partial charge in [-0.25, -0.2) is 14.8 Å². The molecule has 10 nitrogen and oxygen atoms in total. The van der Waals surface area contributed by atoms with Crippen LogP contribution in [-0.4, -0.2) is 82.2 Å². The number of aliphatic hydroxyl groups excluding tert-OH is 1. The van der Waals surface area contributed by atoms with E-state index in [1.54, 1.807) is 29.4 Å². The SMILES string of the molecule is COc1ccc2c(c1)CCN(C1CCN(c3cc(C(=O)N4Cc5sccc5CC4CO)ncn3)CC1)C(=O)N2. The molecule has 0 radical (unpaired) electrons. The lowest BCUT2D eigenvalue weighted by molar-refractivity contribution is 0.0543. The zero-order valence-corrected chi connectivity index (χ0v) is 22.7. The molecule has 0 saturated carbocycles. The molecule has 0 spiro atoms. The zero-order chi connectivity index (χ0) is 26.9. The smallest absolute Gasteiger partial charge is 0.322 e. The molecular weight excluding hydrogens is 516 g/mol. The van der Waals surface area contributed by atoms with Crippen LogP contribution in [-0.2, 0) is 19.4 Å². The number of nitrogens with one attached hydrogen (secondary N) is 1. The highest BCUT2D eigenvalue weighted by Crippen LogP contribution is 2.30. The Morgan fingerprint density at radius 1 is 1.15 bits per heavy atom. The maximum absolute atomic E-state index is 13.4. The van der Waals surface area contributed by atoms with E-state index < -0.39 is 0 Å². The minimum absolute atomic E-state index is 0.0684. The molecule has 1 fully saturated rings. The number of thiophene rings is 1. The second-order valence-corrected chi connectivity index (χ2v) is 11.2. The Balaban J connectivity index is 1.11. The number of benzene rings is 1. The monoisotopic (exact) mass is 548 g/mol. The third kappa shape index (κ3) is 5.04. The molecule has 0 aliphatic carbocycles. The average Bonchev–Trinajstić information content (AvgIpc) is 3.37. The van der Waals surface area contributed by atoms with Crippen LogP contribution in [0.2, 0.25) is 0 Å². The summed E-state index contributed by atoms with van der Waals surface area (Å²) in [5.74, 6) is 1.31. The average molecular weight is 549 g/mol. The summed E-state index contributed by atoms with van der Waals surface area (Å²) in [5.41, 5.74) is 3.45. The molecular formula is C28H32N6O4S. The Bertz CT molecular complexity index is 1370. The zero-order valence-electron chi connectivity index (χ0n) is 21.9. The van der Waals surface area contributed by atoms with E-state index in [1.165, 1.54) is 11.9 Å². The molecule has 11 heteroatoms. The van der Waals surface area contributed by atoms with Crippen LogP contribution in [0.4, 0.5) is 16.3 Å². The molecule has 1 aromatic carbocycles. The molecule has 1 saturated heterocycles. The van der Waals surface area contributed by atoms with Crippen LogP contribution in [0.1, 0.15) is 39.3 Å². The van der Waals surface area contributed by atoms with E-state index in [-0.39, 0.29) is 30.6 Å². The van der Waals surface area contributed by atoms with Gasteiger partial charge >= 0.3 is 6.03 Å². The highest BCUT2D eigenvalue weighted by atomic mass is 32.1. The predicted molar refractivity (Wildman–Crippen MR) is 148 cm³/mol. The van der Waals surface area contributed by atoms with Gasteiger partial charge < -0.3 is 29.9 Å². The number of carbonyl (C=O) groups excluding carboxylic acids is 2. The van der Waals surface area contributed by atoms with Gasteiger partial charge in [0.25, 0.3) is 5.91 Å². The lowest BCUT2D eigenvalue weighted by atomic mass is 10.0. The van der Waals surface area contributed by atoms with Crippen molar-refractivity contribution in [3.05, 3.63) is 63.7 Å². The molecule has 1 unspecified atom stereocenters. The van der Waals surface area contributed by atoms with Crippen LogP contribution in [0.15, 0.2) is 42.0 Å². The second kappa shape index (κ2) is 10.8. The van der Waals surface area contributed by atoms with E-state index >= 15 is 0 Å². The molecule has 3 aromatic rings. The molecule has 2 N–H and O–H groups in total. The normalized spacial score (nSPS) is 19.7. The van der Waals surface area contributed by atoms with Gasteiger partial charge in [0, 0.05) is 42.3 Å². The van der Waals surface area contributed by atoms with Crippen molar-refractivity contribution < 1.29 is 19.4 Å². The number of piperidine rings is 1. The number of carbonyl (C=O) groups is 2. The number of methoxy groups -OCH3 is 1. The number of aromatic nitrogens is 2. The van der Waals surface area contributed by atoms with Crippen molar-refractivity contribution in [2.24, 2.45) is 0 Å². The molecule has 39 heavy (non-hydrogen) atoms. The number of hydrogen-bond donors (Lipinski definition) is 2. The van der Waals surface area contributed by atoms with Gasteiger partial charge in [0.15, 0.2) is 0 Å². The standard InChI is InChI=1S/C28H32N6O4S/c1-38-22-2-3-23-18(13-22)4-10-33(28(37)31-23)20-5-8-32(9-6-20)26-14-24(29-17-30-26)27(36)34-15-25-19(7-11-39-25)12-21(34)16-35/h2-3,7,11,13-14,17,20-21,35H,4-6,8-10,12,15-16H2,1H3,(H,31,37). The number of rotatable bonds is 5. The summed E-state index contributed by atoms with van der Waals surface area (Å²) in [6.07, 6.45) is 4.47. The number of fused-ring (bicyclic) bond motifs is 2. The minimum Gasteiger partial charge on any atom is -0.497 e. The fourth-order valence-electron chi connectivity index (χ4n) is 5.83. The first-order valence-electron chi connectivity index (χ1n) is 13.3. The lowest BCUT2D eigenvalue weighted by Gasteiger charge is -2.38. The summed E-state index contributed by atoms with van der Waals surface area (Å²) in [7, 11) is 1.65. The molecule has 3 aliphatic heterocycles. The molecule has 6 rings (SSSR count). The van der Waals surface area contributed by atoms with Crippen molar-refractivity contribution in [3.8, 4) is 5.75 Å². The minimum atomic E-state index is -0.263. The largest absolute Gasteiger partial charge is 0.497 e. The third-order valence-corrected chi connectivity index (χ3v) is 9.01. The van der Waals surface area contributed by atoms with Gasteiger partial charge in [-0.15, -0.1) is 11.3 Å². The highest BCUT2D eigenvalue weighted by molar-refractivity contribution is 7.10. The van der Waals surface area contributed by atoms with Gasteiger partial charge in [-0.3, -0.25) is 4.79 Å². The number of anilines is 2. The Labute approximate surface area is 231 Å². The van der Waals surface area contributed by atoms with Gasteiger partial charge in [0.1, 0.15) is 23.6 Å². The summed E-state index contributed by atoms with van der Waals surface area (Å²) in [4.78, 5) is 42.2. The molecule has 204 valence electrons. The van der Waals surface area contributed by atoms with Crippen LogP contribution >= 0.6 is 11.3 Å². The summed E-state index contributed by atoms with van der Waals surface area (Å²) in [5, 5.41) is 15.1. The van der Waals surface area contributed by atoms with Crippen LogP contribution in [0.3, 0.4) is 0 Å². The second-order valence-electron chi connectivity index (χ2n) is 10.2. The van der Waals surface area contributed by atoms with Crippen LogP contribution < -0.4 is 15.0 Å². The Morgan fingerprint density at radius 2 is 2.00 bits per heavy atom. The van der Waals surface area contributed by atoms with Gasteiger partial charge in [-0.2, -0.15) is 0 Å². The predicted octanol–water partition coefficient (Wildman–Crippen LogP) is 3.17. The van der Waals surface area contributed by atoms with E-state index in [9.17, 15) is 14.7 Å². The van der Waals surface area contributed by atoms with E-state index in [0.29, 0.717) is 31.0 Å². The molecule has 2 aromatic heterocycles. The third-order valence-electron chi connectivity index (χ3n) is 8.06. The first kappa shape index (κ1) is 25.6. The number of ether oxygens (including phenoxy) is 1. The molecule has 5 heterocycles. The van der Waals surface area contributed by atoms with E-state index in [2.05, 4.69) is 26.3 Å². The van der Waals surface area contributed by atoms with Crippen molar-refractivity contribution in [2.45, 2.75) is 44.3 Å². The maximum Gasteiger partial charge on any atom is 0.322 e. The van der Waals surface area contributed by atoms with Crippen molar-refractivity contribution in [3.63, 3.8) is 0 Å². The van der Waals surface area contributed by atoms with Crippen LogP contribution in [0.25, 0.3) is 0 Å². The quantitative estimate of drug-likeness (QED) is 0.504. The fraction of sp³-hybridized carbons (Fsp3) is 0.429. The first-order chi connectivity index (χ1) is 19.0. The Kier molecular flexibility index (Phi) is 7.09. The summed E-state index contributed by atoms with van der Waals surface area (Å²) in [6, 6.07) is 9.37. The number of amides is 3. The molecule has 0 bridgehead atoms. The van der Waals surface area contributed by atoms with Crippen molar-refractivity contribution in [2.75, 3.05) is 43.6 Å². The van der Waals surface area contributed by atoms with Crippen LogP contribution in [0, 0.1) is 0 Å². The lowest BCUT2D eigenvalue weighted by Crippen LogP contribution is -2.49. The first-order valence-corrected chi connectivity index (χ1v) is 14.2. The van der Waals surface area contributed by atoms with Gasteiger partial charge in [0.2, 0.25) is 0 Å². The fourth-order valence-corrected chi connectivity index (χ4v) is 6.74. The van der Waals surface area contributed by atoms with E-state index in [1.807, 2.05) is 28.5 Å². The Hall–Kier alpha value is -3.70.